The molecular formula is C21H23N5O. The number of fused-ring (bicyclic) bond motifs is 1. The average molecular weight is 361 g/mol. The molecule has 0 bridgehead atoms. The third-order valence-electron chi connectivity index (χ3n) is 5.24. The molecule has 0 saturated carbocycles. The van der Waals surface area contributed by atoms with E-state index < -0.39 is 0 Å². The molecule has 6 heteroatoms. The normalized spacial score (nSPS) is 20.5. The van der Waals surface area contributed by atoms with E-state index in [0.717, 1.165) is 41.9 Å². The van der Waals surface area contributed by atoms with Gasteiger partial charge in [0.2, 0.25) is 0 Å². The molecule has 1 amide bonds. The summed E-state index contributed by atoms with van der Waals surface area (Å²) in [6.45, 7) is 4.40. The van der Waals surface area contributed by atoms with Gasteiger partial charge < -0.3 is 10.3 Å². The van der Waals surface area contributed by atoms with Crippen LogP contribution in [0.5, 0.6) is 0 Å². The van der Waals surface area contributed by atoms with E-state index in [1.165, 1.54) is 0 Å². The number of likely N-dealkylation sites (tertiary alicyclic amines) is 1. The number of nitrogens with zero attached hydrogens (tertiary/aromatic N) is 3. The fourth-order valence-electron chi connectivity index (χ4n) is 3.65. The van der Waals surface area contributed by atoms with E-state index in [1.54, 1.807) is 24.3 Å². The van der Waals surface area contributed by atoms with Crippen LogP contribution in [-0.2, 0) is 0 Å². The number of aromatic amines is 1. The third-order valence-corrected chi connectivity index (χ3v) is 5.24. The van der Waals surface area contributed by atoms with Crippen LogP contribution in [0.15, 0.2) is 53.5 Å². The number of imidazole rings is 1. The number of amides is 1. The Morgan fingerprint density at radius 2 is 2.04 bits per heavy atom. The summed E-state index contributed by atoms with van der Waals surface area (Å²) in [5.74, 6) is 0.905. The van der Waals surface area contributed by atoms with Crippen LogP contribution in [0.2, 0.25) is 0 Å². The molecule has 138 valence electrons. The molecule has 3 aromatic rings. The fraction of sp³-hybridized carbons (Fsp3) is 0.286. The predicted octanol–water partition coefficient (Wildman–Crippen LogP) is 3.46. The first-order chi connectivity index (χ1) is 13.1. The van der Waals surface area contributed by atoms with Crippen molar-refractivity contribution in [1.29, 1.82) is 0 Å². The standard InChI is InChI=1S/C21H23N5O/c1-22-15-9-7-14(8-10-15)21(27)23-16-11-12-26(2)19(13-16)20-24-17-5-3-4-6-18(17)25-20/h3-10,16,19H,1,11-13H2,2H3,(H,23,27)(H,24,25)/t16-,19-/m1/s1. The van der Waals surface area contributed by atoms with Crippen molar-refractivity contribution in [3.63, 3.8) is 0 Å². The third kappa shape index (κ3) is 3.61. The molecule has 1 aliphatic heterocycles. The predicted molar refractivity (Wildman–Crippen MR) is 108 cm³/mol. The molecule has 0 unspecified atom stereocenters. The monoisotopic (exact) mass is 361 g/mol. The summed E-state index contributed by atoms with van der Waals surface area (Å²) < 4.78 is 0. The second-order valence-corrected chi connectivity index (χ2v) is 7.04. The minimum absolute atomic E-state index is 0.0523. The van der Waals surface area contributed by atoms with Gasteiger partial charge in [-0.05, 0) is 63.0 Å². The quantitative estimate of drug-likeness (QED) is 0.699. The van der Waals surface area contributed by atoms with Crippen molar-refractivity contribution in [2.45, 2.75) is 24.9 Å². The summed E-state index contributed by atoms with van der Waals surface area (Å²) in [7, 11) is 2.11. The van der Waals surface area contributed by atoms with Crippen LogP contribution in [0.25, 0.3) is 11.0 Å². The maximum atomic E-state index is 12.6. The Bertz CT molecular complexity index is 929. The van der Waals surface area contributed by atoms with Crippen LogP contribution in [0, 0.1) is 0 Å². The van der Waals surface area contributed by atoms with Crippen molar-refractivity contribution in [2.75, 3.05) is 13.6 Å². The van der Waals surface area contributed by atoms with E-state index in [0.29, 0.717) is 5.56 Å². The van der Waals surface area contributed by atoms with Gasteiger partial charge in [0.15, 0.2) is 0 Å². The molecule has 2 atom stereocenters. The number of piperidine rings is 1. The van der Waals surface area contributed by atoms with Crippen molar-refractivity contribution in [3.05, 3.63) is 59.9 Å². The lowest BCUT2D eigenvalue weighted by molar-refractivity contribution is 0.0884. The molecule has 6 nitrogen and oxygen atoms in total. The number of carbonyl (C=O) groups is 1. The minimum atomic E-state index is -0.0523. The Balaban J connectivity index is 1.48. The number of benzene rings is 2. The lowest BCUT2D eigenvalue weighted by Crippen LogP contribution is -2.45. The Morgan fingerprint density at radius 1 is 1.26 bits per heavy atom. The molecule has 1 fully saturated rings. The number of aliphatic imine (C=N–C) groups is 1. The van der Waals surface area contributed by atoms with E-state index in [2.05, 4.69) is 34.0 Å². The Hall–Kier alpha value is -2.99. The average Bonchev–Trinajstić information content (AvgIpc) is 3.13. The number of hydrogen-bond acceptors (Lipinski definition) is 4. The van der Waals surface area contributed by atoms with Gasteiger partial charge in [-0.25, -0.2) is 4.98 Å². The summed E-state index contributed by atoms with van der Waals surface area (Å²) >= 11 is 0. The lowest BCUT2D eigenvalue weighted by atomic mass is 9.96. The van der Waals surface area contributed by atoms with E-state index >= 15 is 0 Å². The van der Waals surface area contributed by atoms with Crippen molar-refractivity contribution in [1.82, 2.24) is 20.2 Å². The van der Waals surface area contributed by atoms with Crippen molar-refractivity contribution < 1.29 is 4.79 Å². The zero-order chi connectivity index (χ0) is 18.8. The van der Waals surface area contributed by atoms with Gasteiger partial charge in [0.1, 0.15) is 5.82 Å². The number of H-pyrrole nitrogens is 1. The molecule has 2 aromatic carbocycles. The molecule has 1 aliphatic rings. The van der Waals surface area contributed by atoms with Gasteiger partial charge in [-0.15, -0.1) is 0 Å². The highest BCUT2D eigenvalue weighted by Crippen LogP contribution is 2.29. The number of aromatic nitrogens is 2. The van der Waals surface area contributed by atoms with E-state index in [9.17, 15) is 4.79 Å². The SMILES string of the molecule is C=Nc1ccc(C(=O)N[C@@H]2CCN(C)[C@@H](c3nc4ccccc4[nH]3)C2)cc1. The van der Waals surface area contributed by atoms with Gasteiger partial charge in [0.25, 0.3) is 5.91 Å². The number of rotatable bonds is 4. The van der Waals surface area contributed by atoms with E-state index in [-0.39, 0.29) is 18.0 Å². The zero-order valence-electron chi connectivity index (χ0n) is 15.4. The molecule has 2 heterocycles. The zero-order valence-corrected chi connectivity index (χ0v) is 15.4. The maximum Gasteiger partial charge on any atom is 0.251 e. The second-order valence-electron chi connectivity index (χ2n) is 7.04. The van der Waals surface area contributed by atoms with Crippen LogP contribution >= 0.6 is 0 Å². The molecule has 27 heavy (non-hydrogen) atoms. The van der Waals surface area contributed by atoms with Gasteiger partial charge in [0.05, 0.1) is 22.8 Å². The van der Waals surface area contributed by atoms with Crippen LogP contribution in [-0.4, -0.2) is 47.1 Å². The Labute approximate surface area is 158 Å². The smallest absolute Gasteiger partial charge is 0.251 e. The number of para-hydroxylation sites is 2. The summed E-state index contributed by atoms with van der Waals surface area (Å²) in [6, 6.07) is 15.5. The van der Waals surface area contributed by atoms with Gasteiger partial charge in [-0.3, -0.25) is 14.7 Å². The van der Waals surface area contributed by atoms with Crippen molar-refractivity contribution >= 4 is 29.3 Å². The maximum absolute atomic E-state index is 12.6. The van der Waals surface area contributed by atoms with Crippen molar-refractivity contribution in [3.8, 4) is 0 Å². The summed E-state index contributed by atoms with van der Waals surface area (Å²) in [5.41, 5.74) is 3.42. The van der Waals surface area contributed by atoms with E-state index in [4.69, 9.17) is 4.98 Å². The van der Waals surface area contributed by atoms with Crippen LogP contribution in [0.4, 0.5) is 5.69 Å². The topological polar surface area (TPSA) is 73.4 Å². The number of hydrogen-bond donors (Lipinski definition) is 2. The molecular weight excluding hydrogens is 338 g/mol. The highest BCUT2D eigenvalue weighted by molar-refractivity contribution is 5.94. The minimum Gasteiger partial charge on any atom is -0.349 e. The molecule has 4 rings (SSSR count). The number of nitrogens with one attached hydrogen (secondary N) is 2. The highest BCUT2D eigenvalue weighted by Gasteiger charge is 2.30. The van der Waals surface area contributed by atoms with Gasteiger partial charge in [0, 0.05) is 18.2 Å². The molecule has 0 aliphatic carbocycles. The second kappa shape index (κ2) is 7.32. The van der Waals surface area contributed by atoms with Gasteiger partial charge >= 0.3 is 0 Å². The molecule has 2 N–H and O–H groups in total. The first-order valence-corrected chi connectivity index (χ1v) is 9.16. The molecule has 0 radical (unpaired) electrons. The van der Waals surface area contributed by atoms with Crippen LogP contribution in [0.1, 0.15) is 35.1 Å². The highest BCUT2D eigenvalue weighted by atomic mass is 16.1. The summed E-state index contributed by atoms with van der Waals surface area (Å²) in [6.07, 6.45) is 1.75. The Kier molecular flexibility index (Phi) is 4.73. The summed E-state index contributed by atoms with van der Waals surface area (Å²) in [5, 5.41) is 3.17. The first-order valence-electron chi connectivity index (χ1n) is 9.16. The number of carbonyl (C=O) groups excluding carboxylic acids is 1. The van der Waals surface area contributed by atoms with Crippen LogP contribution < -0.4 is 5.32 Å². The van der Waals surface area contributed by atoms with Gasteiger partial charge in [-0.2, -0.15) is 0 Å². The first kappa shape index (κ1) is 17.4. The van der Waals surface area contributed by atoms with Gasteiger partial charge in [-0.1, -0.05) is 12.1 Å². The molecule has 1 saturated heterocycles. The molecule has 1 aromatic heterocycles. The van der Waals surface area contributed by atoms with E-state index in [1.807, 2.05) is 24.3 Å². The largest absolute Gasteiger partial charge is 0.349 e. The fourth-order valence-corrected chi connectivity index (χ4v) is 3.65. The summed E-state index contributed by atoms with van der Waals surface area (Å²) in [4.78, 5) is 26.9. The van der Waals surface area contributed by atoms with Crippen molar-refractivity contribution in [2.24, 2.45) is 4.99 Å². The molecule has 0 spiro atoms. The Morgan fingerprint density at radius 3 is 2.78 bits per heavy atom. The lowest BCUT2D eigenvalue weighted by Gasteiger charge is -2.36. The van der Waals surface area contributed by atoms with Crippen LogP contribution in [0.3, 0.4) is 0 Å².